The second-order valence-corrected chi connectivity index (χ2v) is 7.47. The first-order valence-electron chi connectivity index (χ1n) is 9.06. The quantitative estimate of drug-likeness (QED) is 0.731. The Morgan fingerprint density at radius 1 is 1.07 bits per heavy atom. The van der Waals surface area contributed by atoms with Crippen LogP contribution in [0, 0.1) is 11.6 Å². The Balaban J connectivity index is 1.46. The van der Waals surface area contributed by atoms with Crippen LogP contribution >= 0.6 is 11.6 Å². The highest BCUT2D eigenvalue weighted by atomic mass is 35.5. The maximum atomic E-state index is 13.2. The van der Waals surface area contributed by atoms with E-state index < -0.39 is 17.2 Å². The van der Waals surface area contributed by atoms with Crippen molar-refractivity contribution in [3.8, 4) is 0 Å². The van der Waals surface area contributed by atoms with Gasteiger partial charge in [-0.05, 0) is 61.7 Å². The van der Waals surface area contributed by atoms with Gasteiger partial charge in [-0.15, -0.1) is 0 Å². The van der Waals surface area contributed by atoms with E-state index in [1.165, 1.54) is 6.07 Å². The smallest absolute Gasteiger partial charge is 0.163 e. The molecule has 2 aromatic carbocycles. The van der Waals surface area contributed by atoms with Crippen LogP contribution in [0.2, 0.25) is 5.02 Å². The summed E-state index contributed by atoms with van der Waals surface area (Å²) in [5.74, 6) is -2.14. The van der Waals surface area contributed by atoms with Gasteiger partial charge in [0.25, 0.3) is 0 Å². The Morgan fingerprint density at radius 3 is 2.37 bits per heavy atom. The second-order valence-electron chi connectivity index (χ2n) is 7.04. The van der Waals surface area contributed by atoms with Gasteiger partial charge in [0.15, 0.2) is 17.4 Å². The monoisotopic (exact) mass is 393 g/mol. The average Bonchev–Trinajstić information content (AvgIpc) is 2.66. The molecule has 3 rings (SSSR count). The highest BCUT2D eigenvalue weighted by molar-refractivity contribution is 6.30. The molecule has 0 radical (unpaired) electrons. The fourth-order valence-corrected chi connectivity index (χ4v) is 3.60. The molecule has 1 aliphatic rings. The van der Waals surface area contributed by atoms with Crippen molar-refractivity contribution in [1.82, 2.24) is 4.90 Å². The van der Waals surface area contributed by atoms with E-state index in [0.29, 0.717) is 24.3 Å². The predicted molar refractivity (Wildman–Crippen MR) is 101 cm³/mol. The molecule has 0 aromatic heterocycles. The molecule has 0 saturated carbocycles. The maximum Gasteiger partial charge on any atom is 0.163 e. The third-order valence-corrected chi connectivity index (χ3v) is 5.44. The number of likely N-dealkylation sites (tertiary alicyclic amines) is 1. The van der Waals surface area contributed by atoms with Gasteiger partial charge in [-0.3, -0.25) is 4.79 Å². The molecule has 0 amide bonds. The van der Waals surface area contributed by atoms with Crippen LogP contribution in [-0.4, -0.2) is 35.4 Å². The molecule has 1 N–H and O–H groups in total. The number of benzene rings is 2. The van der Waals surface area contributed by atoms with Crippen molar-refractivity contribution in [3.63, 3.8) is 0 Å². The summed E-state index contributed by atoms with van der Waals surface area (Å²) in [5, 5.41) is 11.5. The summed E-state index contributed by atoms with van der Waals surface area (Å²) < 4.78 is 26.2. The van der Waals surface area contributed by atoms with Gasteiger partial charge in [0, 0.05) is 30.1 Å². The largest absolute Gasteiger partial charge is 0.385 e. The van der Waals surface area contributed by atoms with Gasteiger partial charge < -0.3 is 10.0 Å². The van der Waals surface area contributed by atoms with Gasteiger partial charge in [-0.1, -0.05) is 23.7 Å². The predicted octanol–water partition coefficient (Wildman–Crippen LogP) is 4.56. The lowest BCUT2D eigenvalue weighted by atomic mass is 9.84. The van der Waals surface area contributed by atoms with Crippen molar-refractivity contribution in [2.75, 3.05) is 19.6 Å². The number of Topliss-reactive ketones (excluding diaryl/α,β-unsaturated/α-hetero) is 1. The van der Waals surface area contributed by atoms with Crippen LogP contribution in [0.25, 0.3) is 0 Å². The SMILES string of the molecule is O=C(CCCN1CCC(O)(c2ccc(Cl)cc2)CC1)c1ccc(F)c(F)c1. The second kappa shape index (κ2) is 8.46. The van der Waals surface area contributed by atoms with Crippen molar-refractivity contribution in [2.45, 2.75) is 31.3 Å². The van der Waals surface area contributed by atoms with Crippen molar-refractivity contribution in [3.05, 3.63) is 70.2 Å². The molecular formula is C21H22ClF2NO2. The number of aliphatic hydroxyl groups is 1. The van der Waals surface area contributed by atoms with Crippen LogP contribution in [-0.2, 0) is 5.60 Å². The zero-order valence-corrected chi connectivity index (χ0v) is 15.7. The first-order chi connectivity index (χ1) is 12.9. The van der Waals surface area contributed by atoms with Crippen LogP contribution in [0.15, 0.2) is 42.5 Å². The minimum absolute atomic E-state index is 0.191. The van der Waals surface area contributed by atoms with Crippen molar-refractivity contribution < 1.29 is 18.7 Å². The third kappa shape index (κ3) is 4.92. The van der Waals surface area contributed by atoms with Gasteiger partial charge in [0.1, 0.15) is 0 Å². The molecule has 6 heteroatoms. The summed E-state index contributed by atoms with van der Waals surface area (Å²) in [4.78, 5) is 14.3. The standard InChI is InChI=1S/C21H22ClF2NO2/c22-17-6-4-16(5-7-17)21(27)9-12-25(13-10-21)11-1-2-20(26)15-3-8-18(23)19(24)14-15/h3-8,14,27H,1-2,9-13H2. The van der Waals surface area contributed by atoms with E-state index >= 15 is 0 Å². The molecule has 0 atom stereocenters. The normalized spacial score (nSPS) is 17.0. The molecular weight excluding hydrogens is 372 g/mol. The number of hydrogen-bond donors (Lipinski definition) is 1. The van der Waals surface area contributed by atoms with Gasteiger partial charge >= 0.3 is 0 Å². The number of piperidine rings is 1. The minimum Gasteiger partial charge on any atom is -0.385 e. The number of carbonyl (C=O) groups excluding carboxylic acids is 1. The Kier molecular flexibility index (Phi) is 6.25. The molecule has 1 fully saturated rings. The highest BCUT2D eigenvalue weighted by Gasteiger charge is 2.33. The average molecular weight is 394 g/mol. The fourth-order valence-electron chi connectivity index (χ4n) is 3.47. The molecule has 2 aromatic rings. The van der Waals surface area contributed by atoms with Gasteiger partial charge in [-0.25, -0.2) is 8.78 Å². The van der Waals surface area contributed by atoms with E-state index in [2.05, 4.69) is 4.90 Å². The first-order valence-corrected chi connectivity index (χ1v) is 9.44. The molecule has 1 heterocycles. The Hall–Kier alpha value is -1.82. The number of ketones is 1. The van der Waals surface area contributed by atoms with Crippen LogP contribution in [0.4, 0.5) is 8.78 Å². The molecule has 144 valence electrons. The molecule has 1 aliphatic heterocycles. The minimum atomic E-state index is -1.00. The van der Waals surface area contributed by atoms with Gasteiger partial charge in [-0.2, -0.15) is 0 Å². The lowest BCUT2D eigenvalue weighted by molar-refractivity contribution is -0.0260. The zero-order valence-electron chi connectivity index (χ0n) is 14.9. The van der Waals surface area contributed by atoms with E-state index in [1.54, 1.807) is 12.1 Å². The topological polar surface area (TPSA) is 40.5 Å². The van der Waals surface area contributed by atoms with Crippen LogP contribution in [0.3, 0.4) is 0 Å². The van der Waals surface area contributed by atoms with E-state index in [4.69, 9.17) is 11.6 Å². The van der Waals surface area contributed by atoms with E-state index in [1.807, 2.05) is 12.1 Å². The highest BCUT2D eigenvalue weighted by Crippen LogP contribution is 2.33. The molecule has 27 heavy (non-hydrogen) atoms. The van der Waals surface area contributed by atoms with E-state index in [9.17, 15) is 18.7 Å². The number of hydrogen-bond acceptors (Lipinski definition) is 3. The zero-order chi connectivity index (χ0) is 19.4. The summed E-state index contributed by atoms with van der Waals surface area (Å²) in [6, 6.07) is 10.5. The number of carbonyl (C=O) groups is 1. The van der Waals surface area contributed by atoms with Crippen LogP contribution in [0.5, 0.6) is 0 Å². The Labute approximate surface area is 162 Å². The summed E-state index contributed by atoms with van der Waals surface area (Å²) in [6.45, 7) is 2.20. The lowest BCUT2D eigenvalue weighted by Gasteiger charge is -2.38. The van der Waals surface area contributed by atoms with E-state index in [0.717, 1.165) is 37.3 Å². The molecule has 0 unspecified atom stereocenters. The maximum absolute atomic E-state index is 13.2. The Bertz CT molecular complexity index is 802. The molecule has 0 bridgehead atoms. The van der Waals surface area contributed by atoms with Gasteiger partial charge in [0.05, 0.1) is 5.60 Å². The summed E-state index contributed by atoms with van der Waals surface area (Å²) in [6.07, 6.45) is 2.15. The van der Waals surface area contributed by atoms with Crippen molar-refractivity contribution in [1.29, 1.82) is 0 Å². The molecule has 0 aliphatic carbocycles. The lowest BCUT2D eigenvalue weighted by Crippen LogP contribution is -2.42. The van der Waals surface area contributed by atoms with Crippen LogP contribution < -0.4 is 0 Å². The van der Waals surface area contributed by atoms with Crippen LogP contribution in [0.1, 0.15) is 41.6 Å². The van der Waals surface area contributed by atoms with Crippen molar-refractivity contribution >= 4 is 17.4 Å². The van der Waals surface area contributed by atoms with Gasteiger partial charge in [0.2, 0.25) is 0 Å². The third-order valence-electron chi connectivity index (χ3n) is 5.18. The summed E-state index contributed by atoms with van der Waals surface area (Å²) >= 11 is 5.91. The molecule has 3 nitrogen and oxygen atoms in total. The first kappa shape index (κ1) is 19.9. The number of rotatable bonds is 6. The fraction of sp³-hybridized carbons (Fsp3) is 0.381. The number of halogens is 3. The van der Waals surface area contributed by atoms with E-state index in [-0.39, 0.29) is 17.8 Å². The molecule has 1 saturated heterocycles. The number of nitrogens with zero attached hydrogens (tertiary/aromatic N) is 1. The Morgan fingerprint density at radius 2 is 1.74 bits per heavy atom. The van der Waals surface area contributed by atoms with Crippen molar-refractivity contribution in [2.24, 2.45) is 0 Å². The summed E-state index contributed by atoms with van der Waals surface area (Å²) in [7, 11) is 0. The molecule has 0 spiro atoms. The summed E-state index contributed by atoms with van der Waals surface area (Å²) in [5.41, 5.74) is 0.229.